The van der Waals surface area contributed by atoms with E-state index in [-0.39, 0.29) is 0 Å². The number of rotatable bonds is 3. The third-order valence-corrected chi connectivity index (χ3v) is 3.03. The van der Waals surface area contributed by atoms with Crippen LogP contribution in [0.25, 0.3) is 10.8 Å². The summed E-state index contributed by atoms with van der Waals surface area (Å²) in [7, 11) is 1.73. The fourth-order valence-corrected chi connectivity index (χ4v) is 2.32. The predicted molar refractivity (Wildman–Crippen MR) is 72.6 cm³/mol. The van der Waals surface area contributed by atoms with Crippen molar-refractivity contribution in [2.45, 2.75) is 18.2 Å². The Kier molecular flexibility index (Phi) is 3.49. The van der Waals surface area contributed by atoms with E-state index < -0.39 is 0 Å². The number of ether oxygens (including phenoxy) is 1. The summed E-state index contributed by atoms with van der Waals surface area (Å²) >= 11 is 3.60. The van der Waals surface area contributed by atoms with E-state index in [1.807, 2.05) is 6.07 Å². The molecule has 0 aliphatic heterocycles. The van der Waals surface area contributed by atoms with Crippen molar-refractivity contribution in [3.63, 3.8) is 0 Å². The highest BCUT2D eigenvalue weighted by atomic mass is 79.9. The van der Waals surface area contributed by atoms with Crippen LogP contribution >= 0.6 is 15.9 Å². The lowest BCUT2D eigenvalue weighted by atomic mass is 10.00. The van der Waals surface area contributed by atoms with Gasteiger partial charge in [0.15, 0.2) is 0 Å². The molecule has 0 N–H and O–H groups in total. The van der Waals surface area contributed by atoms with Crippen LogP contribution in [0.3, 0.4) is 0 Å². The van der Waals surface area contributed by atoms with E-state index in [2.05, 4.69) is 53.2 Å². The van der Waals surface area contributed by atoms with Crippen molar-refractivity contribution < 1.29 is 4.74 Å². The molecule has 0 aliphatic carbocycles. The van der Waals surface area contributed by atoms with Crippen molar-refractivity contribution in [1.82, 2.24) is 0 Å². The first-order chi connectivity index (χ1) is 7.72. The molecule has 0 heterocycles. The Balaban J connectivity index is 2.63. The molecule has 2 rings (SSSR count). The summed E-state index contributed by atoms with van der Waals surface area (Å²) in [5, 5.41) is 2.56. The number of halogens is 1. The van der Waals surface area contributed by atoms with Gasteiger partial charge in [0.25, 0.3) is 0 Å². The molecule has 0 fully saturated rings. The van der Waals surface area contributed by atoms with E-state index >= 15 is 0 Å². The number of methoxy groups -OCH3 is 1. The van der Waals surface area contributed by atoms with Crippen LogP contribution < -0.4 is 4.74 Å². The number of hydrogen-bond acceptors (Lipinski definition) is 1. The summed E-state index contributed by atoms with van der Waals surface area (Å²) in [6.07, 6.45) is 0.977. The summed E-state index contributed by atoms with van der Waals surface area (Å²) in [4.78, 5) is 0.451. The van der Waals surface area contributed by atoms with Gasteiger partial charge in [-0.25, -0.2) is 0 Å². The highest BCUT2D eigenvalue weighted by Gasteiger charge is 2.10. The molecular weight excluding hydrogens is 264 g/mol. The van der Waals surface area contributed by atoms with Crippen LogP contribution in [-0.4, -0.2) is 11.9 Å². The first-order valence-electron chi connectivity index (χ1n) is 5.41. The van der Waals surface area contributed by atoms with E-state index in [0.717, 1.165) is 12.2 Å². The van der Waals surface area contributed by atoms with Crippen LogP contribution in [0.4, 0.5) is 0 Å². The molecule has 1 nitrogen and oxygen atoms in total. The third-order valence-electron chi connectivity index (χ3n) is 2.70. The molecule has 2 heteroatoms. The molecule has 0 saturated heterocycles. The molecule has 1 unspecified atom stereocenters. The Morgan fingerprint density at radius 2 is 1.94 bits per heavy atom. The van der Waals surface area contributed by atoms with E-state index in [1.54, 1.807) is 7.11 Å². The fourth-order valence-electron chi connectivity index (χ4n) is 2.00. The van der Waals surface area contributed by atoms with Gasteiger partial charge in [0.2, 0.25) is 0 Å². The average Bonchev–Trinajstić information content (AvgIpc) is 2.29. The maximum Gasteiger partial charge on any atom is 0.122 e. The topological polar surface area (TPSA) is 9.23 Å². The molecule has 1 atom stereocenters. The predicted octanol–water partition coefficient (Wildman–Crippen LogP) is 4.17. The van der Waals surface area contributed by atoms with Gasteiger partial charge in [-0.15, -0.1) is 0 Å². The van der Waals surface area contributed by atoms with E-state index in [0.29, 0.717) is 4.83 Å². The summed E-state index contributed by atoms with van der Waals surface area (Å²) < 4.78 is 5.43. The van der Waals surface area contributed by atoms with Crippen LogP contribution in [0.2, 0.25) is 0 Å². The zero-order chi connectivity index (χ0) is 11.5. The number of benzene rings is 2. The summed E-state index contributed by atoms with van der Waals surface area (Å²) in [5.41, 5.74) is 1.28. The van der Waals surface area contributed by atoms with Crippen molar-refractivity contribution in [1.29, 1.82) is 0 Å². The molecule has 84 valence electrons. The molecule has 0 aliphatic rings. The van der Waals surface area contributed by atoms with E-state index in [1.165, 1.54) is 16.3 Å². The smallest absolute Gasteiger partial charge is 0.122 e. The molecule has 0 spiro atoms. The minimum atomic E-state index is 0.451. The van der Waals surface area contributed by atoms with Crippen molar-refractivity contribution in [2.24, 2.45) is 0 Å². The Bertz CT molecular complexity index is 491. The zero-order valence-electron chi connectivity index (χ0n) is 9.53. The Hall–Kier alpha value is -1.02. The molecule has 2 aromatic rings. The lowest BCUT2D eigenvalue weighted by Crippen LogP contribution is -2.00. The second kappa shape index (κ2) is 4.88. The molecule has 0 amide bonds. The maximum atomic E-state index is 5.43. The fraction of sp³-hybridized carbons (Fsp3) is 0.286. The largest absolute Gasteiger partial charge is 0.496 e. The quantitative estimate of drug-likeness (QED) is 0.766. The van der Waals surface area contributed by atoms with Crippen LogP contribution in [-0.2, 0) is 6.42 Å². The van der Waals surface area contributed by atoms with Crippen molar-refractivity contribution in [2.75, 3.05) is 7.11 Å². The maximum absolute atomic E-state index is 5.43. The van der Waals surface area contributed by atoms with E-state index in [9.17, 15) is 0 Å². The van der Waals surface area contributed by atoms with Gasteiger partial charge in [0.1, 0.15) is 5.75 Å². The average molecular weight is 279 g/mol. The number of alkyl halides is 1. The lowest BCUT2D eigenvalue weighted by molar-refractivity contribution is 0.410. The number of fused-ring (bicyclic) bond motifs is 1. The molecule has 2 aromatic carbocycles. The van der Waals surface area contributed by atoms with Gasteiger partial charge in [0, 0.05) is 10.4 Å². The zero-order valence-corrected chi connectivity index (χ0v) is 11.1. The normalized spacial score (nSPS) is 12.7. The SMILES string of the molecule is COc1ccc2ccccc2c1CC(C)Br. The van der Waals surface area contributed by atoms with Gasteiger partial charge >= 0.3 is 0 Å². The van der Waals surface area contributed by atoms with Crippen LogP contribution in [0.5, 0.6) is 5.75 Å². The molecule has 16 heavy (non-hydrogen) atoms. The minimum absolute atomic E-state index is 0.451. The van der Waals surface area contributed by atoms with Gasteiger partial charge in [0.05, 0.1) is 7.11 Å². The highest BCUT2D eigenvalue weighted by molar-refractivity contribution is 9.09. The Labute approximate surface area is 105 Å². The second-order valence-electron chi connectivity index (χ2n) is 3.95. The summed E-state index contributed by atoms with van der Waals surface area (Å²) in [6.45, 7) is 2.15. The number of hydrogen-bond donors (Lipinski definition) is 0. The molecular formula is C14H15BrO. The summed E-state index contributed by atoms with van der Waals surface area (Å²) in [6, 6.07) is 12.6. The van der Waals surface area contributed by atoms with Crippen molar-refractivity contribution >= 4 is 26.7 Å². The lowest BCUT2D eigenvalue weighted by Gasteiger charge is -2.13. The van der Waals surface area contributed by atoms with Crippen LogP contribution in [0.1, 0.15) is 12.5 Å². The van der Waals surface area contributed by atoms with E-state index in [4.69, 9.17) is 4.74 Å². The van der Waals surface area contributed by atoms with Crippen molar-refractivity contribution in [3.8, 4) is 5.75 Å². The molecule has 0 saturated carbocycles. The van der Waals surface area contributed by atoms with Crippen LogP contribution in [0, 0.1) is 0 Å². The Morgan fingerprint density at radius 1 is 1.19 bits per heavy atom. The third kappa shape index (κ3) is 2.22. The second-order valence-corrected chi connectivity index (χ2v) is 5.52. The van der Waals surface area contributed by atoms with Gasteiger partial charge in [-0.3, -0.25) is 0 Å². The molecule has 0 aromatic heterocycles. The van der Waals surface area contributed by atoms with Gasteiger partial charge in [-0.05, 0) is 23.3 Å². The van der Waals surface area contributed by atoms with Gasteiger partial charge < -0.3 is 4.74 Å². The standard InChI is InChI=1S/C14H15BrO/c1-10(15)9-13-12-6-4-3-5-11(12)7-8-14(13)16-2/h3-8,10H,9H2,1-2H3. The van der Waals surface area contributed by atoms with Gasteiger partial charge in [-0.2, -0.15) is 0 Å². The first kappa shape index (κ1) is 11.5. The van der Waals surface area contributed by atoms with Crippen LogP contribution in [0.15, 0.2) is 36.4 Å². The Morgan fingerprint density at radius 3 is 2.62 bits per heavy atom. The minimum Gasteiger partial charge on any atom is -0.496 e. The van der Waals surface area contributed by atoms with Crippen molar-refractivity contribution in [3.05, 3.63) is 42.0 Å². The first-order valence-corrected chi connectivity index (χ1v) is 6.32. The molecule has 0 bridgehead atoms. The monoisotopic (exact) mass is 278 g/mol. The molecule has 0 radical (unpaired) electrons. The highest BCUT2D eigenvalue weighted by Crippen LogP contribution is 2.29. The van der Waals surface area contributed by atoms with Gasteiger partial charge in [-0.1, -0.05) is 53.2 Å². The summed E-state index contributed by atoms with van der Waals surface area (Å²) in [5.74, 6) is 0.977.